The van der Waals surface area contributed by atoms with E-state index in [1.807, 2.05) is 12.2 Å². The highest BCUT2D eigenvalue weighted by atomic mass is 31.2. The zero-order chi connectivity index (χ0) is 48.1. The maximum absolute atomic E-state index is 12.8. The van der Waals surface area contributed by atoms with E-state index < -0.39 is 87.9 Å². The summed E-state index contributed by atoms with van der Waals surface area (Å²) in [5.41, 5.74) is 0. The van der Waals surface area contributed by atoms with E-state index in [1.54, 1.807) is 0 Å². The number of aliphatic hydroxyl groups is 7. The van der Waals surface area contributed by atoms with Crippen molar-refractivity contribution in [1.29, 1.82) is 0 Å². The van der Waals surface area contributed by atoms with Crippen molar-refractivity contribution in [3.05, 3.63) is 72.9 Å². The van der Waals surface area contributed by atoms with Crippen LogP contribution in [0.2, 0.25) is 0 Å². The molecule has 10 atom stereocenters. The highest BCUT2D eigenvalue weighted by molar-refractivity contribution is 7.47. The Morgan fingerprint density at radius 3 is 1.62 bits per heavy atom. The lowest BCUT2D eigenvalue weighted by molar-refractivity contribution is -0.220. The fraction of sp³-hybridized carbons (Fsp3) is 0.714. The van der Waals surface area contributed by atoms with Crippen molar-refractivity contribution in [3.63, 3.8) is 0 Å². The van der Waals surface area contributed by atoms with Gasteiger partial charge in [0.2, 0.25) is 0 Å². The van der Waals surface area contributed by atoms with Gasteiger partial charge < -0.3 is 50.1 Å². The molecule has 16 heteroatoms. The fourth-order valence-electron chi connectivity index (χ4n) is 6.75. The van der Waals surface area contributed by atoms with E-state index in [0.717, 1.165) is 83.5 Å². The topological polar surface area (TPSA) is 250 Å². The standard InChI is InChI=1S/C49H83O15P/c1-3-5-7-9-11-12-13-14-15-16-17-18-19-20-21-22-23-27-31-35-42(52)61-37-39(38-62-65(59,60)64-49-47(57)45(55)44(54)46(56)48(49)58)63-43(53)36-32-28-24-26-30-34-41(51)40(50)33-29-25-10-8-6-4-2/h5,7,11-12,14-15,17-18,20-21,25,29,39-41,44-51,54-58H,3-4,6,8-10,13,16,19,22-24,26-28,30-38H2,1-2H3,(H,59,60)/b7-5-,12-11-,15-14-,18-17-,21-20-,29-25-/t39-,40+,41+,44?,45-,46+,47-,48-,49?/m1/s1. The van der Waals surface area contributed by atoms with Gasteiger partial charge in [0, 0.05) is 12.8 Å². The second kappa shape index (κ2) is 38.2. The second-order valence-electron chi connectivity index (χ2n) is 16.5. The van der Waals surface area contributed by atoms with Crippen LogP contribution in [0, 0.1) is 0 Å². The molecule has 0 saturated heterocycles. The quantitative estimate of drug-likeness (QED) is 0.0130. The van der Waals surface area contributed by atoms with E-state index in [0.29, 0.717) is 38.5 Å². The normalized spacial score (nSPS) is 23.0. The van der Waals surface area contributed by atoms with E-state index in [1.165, 1.54) is 6.42 Å². The molecule has 0 radical (unpaired) electrons. The van der Waals surface area contributed by atoms with Crippen LogP contribution in [-0.4, -0.2) is 121 Å². The van der Waals surface area contributed by atoms with Crippen LogP contribution in [0.4, 0.5) is 0 Å². The zero-order valence-electron chi connectivity index (χ0n) is 39.0. The number of allylic oxidation sites excluding steroid dienone is 11. The van der Waals surface area contributed by atoms with E-state index in [-0.39, 0.29) is 12.8 Å². The van der Waals surface area contributed by atoms with Crippen molar-refractivity contribution in [2.45, 2.75) is 210 Å². The van der Waals surface area contributed by atoms with Gasteiger partial charge in [0.15, 0.2) is 6.10 Å². The Balaban J connectivity index is 2.53. The Morgan fingerprint density at radius 1 is 0.554 bits per heavy atom. The van der Waals surface area contributed by atoms with Crippen LogP contribution >= 0.6 is 7.82 Å². The van der Waals surface area contributed by atoms with E-state index in [9.17, 15) is 54.8 Å². The first-order valence-electron chi connectivity index (χ1n) is 23.9. The largest absolute Gasteiger partial charge is 0.472 e. The molecular formula is C49H83O15P. The number of phosphoric ester groups is 1. The first-order valence-corrected chi connectivity index (χ1v) is 25.4. The summed E-state index contributed by atoms with van der Waals surface area (Å²) in [6, 6.07) is 0. The number of unbranched alkanes of at least 4 members (excludes halogenated alkanes) is 10. The zero-order valence-corrected chi connectivity index (χ0v) is 39.9. The van der Waals surface area contributed by atoms with Crippen LogP contribution in [0.3, 0.4) is 0 Å². The van der Waals surface area contributed by atoms with Crippen molar-refractivity contribution in [3.8, 4) is 0 Å². The van der Waals surface area contributed by atoms with Gasteiger partial charge in [-0.1, -0.05) is 132 Å². The summed E-state index contributed by atoms with van der Waals surface area (Å²) in [4.78, 5) is 35.8. The molecule has 0 amide bonds. The van der Waals surface area contributed by atoms with Crippen molar-refractivity contribution in [1.82, 2.24) is 0 Å². The van der Waals surface area contributed by atoms with Gasteiger partial charge in [-0.3, -0.25) is 18.6 Å². The van der Waals surface area contributed by atoms with Gasteiger partial charge in [0.05, 0.1) is 18.8 Å². The third-order valence-corrected chi connectivity index (χ3v) is 11.7. The van der Waals surface area contributed by atoms with Crippen LogP contribution in [0.5, 0.6) is 0 Å². The van der Waals surface area contributed by atoms with E-state index in [4.69, 9.17) is 18.5 Å². The number of esters is 2. The first kappa shape index (κ1) is 60.2. The summed E-state index contributed by atoms with van der Waals surface area (Å²) in [6.45, 7) is 2.96. The number of hydrogen-bond donors (Lipinski definition) is 8. The molecule has 0 heterocycles. The van der Waals surface area contributed by atoms with Gasteiger partial charge in [0.25, 0.3) is 0 Å². The molecule has 374 valence electrons. The molecule has 1 saturated carbocycles. The molecule has 8 N–H and O–H groups in total. The lowest BCUT2D eigenvalue weighted by atomic mass is 9.85. The third kappa shape index (κ3) is 30.3. The minimum Gasteiger partial charge on any atom is -0.462 e. The number of carbonyl (C=O) groups is 2. The van der Waals surface area contributed by atoms with Gasteiger partial charge in [-0.15, -0.1) is 0 Å². The highest BCUT2D eigenvalue weighted by Gasteiger charge is 2.51. The highest BCUT2D eigenvalue weighted by Crippen LogP contribution is 2.47. The Morgan fingerprint density at radius 2 is 1.03 bits per heavy atom. The number of aliphatic hydroxyl groups excluding tert-OH is 7. The summed E-state index contributed by atoms with van der Waals surface area (Å²) >= 11 is 0. The predicted molar refractivity (Wildman–Crippen MR) is 251 cm³/mol. The molecule has 0 bridgehead atoms. The van der Waals surface area contributed by atoms with Gasteiger partial charge >= 0.3 is 19.8 Å². The van der Waals surface area contributed by atoms with Crippen molar-refractivity contribution < 1.29 is 73.3 Å². The smallest absolute Gasteiger partial charge is 0.462 e. The average molecular weight is 943 g/mol. The third-order valence-electron chi connectivity index (χ3n) is 10.7. The molecule has 0 aromatic carbocycles. The monoisotopic (exact) mass is 943 g/mol. The van der Waals surface area contributed by atoms with Crippen LogP contribution in [0.15, 0.2) is 72.9 Å². The molecule has 1 fully saturated rings. The number of hydrogen-bond acceptors (Lipinski definition) is 14. The van der Waals surface area contributed by atoms with Gasteiger partial charge in [-0.25, -0.2) is 4.57 Å². The molecule has 0 aromatic heterocycles. The first-order chi connectivity index (χ1) is 31.2. The second-order valence-corrected chi connectivity index (χ2v) is 17.9. The summed E-state index contributed by atoms with van der Waals surface area (Å²) < 4.78 is 33.4. The number of ether oxygens (including phenoxy) is 2. The maximum Gasteiger partial charge on any atom is 0.472 e. The molecule has 1 aliphatic carbocycles. The van der Waals surface area contributed by atoms with E-state index >= 15 is 0 Å². The predicted octanol–water partition coefficient (Wildman–Crippen LogP) is 7.44. The molecule has 1 rings (SSSR count). The molecule has 3 unspecified atom stereocenters. The SMILES string of the molecule is CC/C=C\C/C=C\C/C=C\C/C=C\C/C=C\CCCCCC(=O)OC[C@H](COP(=O)(O)OC1[C@H](O)[C@H](O)C(O)[C@H](O)[C@H]1O)OC(=O)CCCCCCC[C@H](O)[C@@H](O)C/C=C\CCCCC. The lowest BCUT2D eigenvalue weighted by Gasteiger charge is -2.41. The molecule has 0 aliphatic heterocycles. The average Bonchev–Trinajstić information content (AvgIpc) is 3.28. The van der Waals surface area contributed by atoms with E-state index in [2.05, 4.69) is 74.6 Å². The summed E-state index contributed by atoms with van der Waals surface area (Å²) in [5, 5.41) is 70.7. The van der Waals surface area contributed by atoms with Crippen LogP contribution in [0.25, 0.3) is 0 Å². The minimum atomic E-state index is -5.17. The Hall–Kier alpha value is -2.79. The summed E-state index contributed by atoms with van der Waals surface area (Å²) in [6.07, 6.45) is 26.7. The molecule has 0 spiro atoms. The Bertz CT molecular complexity index is 1450. The van der Waals surface area contributed by atoms with Crippen molar-refractivity contribution in [2.24, 2.45) is 0 Å². The van der Waals surface area contributed by atoms with Crippen LogP contribution < -0.4 is 0 Å². The van der Waals surface area contributed by atoms with Crippen molar-refractivity contribution >= 4 is 19.8 Å². The molecule has 0 aromatic rings. The lowest BCUT2D eigenvalue weighted by Crippen LogP contribution is -2.64. The number of carbonyl (C=O) groups excluding carboxylic acids is 2. The van der Waals surface area contributed by atoms with Gasteiger partial charge in [-0.05, 0) is 83.5 Å². The number of rotatable bonds is 38. The van der Waals surface area contributed by atoms with Crippen LogP contribution in [-0.2, 0) is 32.7 Å². The summed E-state index contributed by atoms with van der Waals surface area (Å²) in [5.74, 6) is -1.26. The molecular weight excluding hydrogens is 859 g/mol. The Kier molecular flexibility index (Phi) is 35.4. The van der Waals surface area contributed by atoms with Gasteiger partial charge in [0.1, 0.15) is 43.2 Å². The fourth-order valence-corrected chi connectivity index (χ4v) is 7.72. The van der Waals surface area contributed by atoms with Gasteiger partial charge in [-0.2, -0.15) is 0 Å². The van der Waals surface area contributed by atoms with Crippen LogP contribution in [0.1, 0.15) is 155 Å². The molecule has 1 aliphatic rings. The van der Waals surface area contributed by atoms with Crippen molar-refractivity contribution in [2.75, 3.05) is 13.2 Å². The number of phosphoric acid groups is 1. The maximum atomic E-state index is 12.8. The molecule has 65 heavy (non-hydrogen) atoms. The Labute approximate surface area is 388 Å². The summed E-state index contributed by atoms with van der Waals surface area (Å²) in [7, 11) is -5.17. The molecule has 15 nitrogen and oxygen atoms in total. The minimum absolute atomic E-state index is 0.0138.